The summed E-state index contributed by atoms with van der Waals surface area (Å²) in [6.07, 6.45) is 1.72. The summed E-state index contributed by atoms with van der Waals surface area (Å²) < 4.78 is 15.1. The summed E-state index contributed by atoms with van der Waals surface area (Å²) in [7, 11) is 3.28. The van der Waals surface area contributed by atoms with E-state index < -0.39 is 0 Å². The van der Waals surface area contributed by atoms with Crippen LogP contribution in [0, 0.1) is 0 Å². The fraction of sp³-hybridized carbons (Fsp3) is 0.750. The molecule has 0 unspecified atom stereocenters. The van der Waals surface area contributed by atoms with E-state index in [1.807, 2.05) is 0 Å². The molecule has 11 heavy (non-hydrogen) atoms. The Bertz CT molecular complexity index is 87.3. The van der Waals surface area contributed by atoms with Gasteiger partial charge in [0, 0.05) is 14.2 Å². The molecular weight excluding hydrogens is 144 g/mol. The van der Waals surface area contributed by atoms with E-state index in [2.05, 4.69) is 6.58 Å². The molecule has 0 aliphatic rings. The van der Waals surface area contributed by atoms with Crippen molar-refractivity contribution < 1.29 is 14.2 Å². The van der Waals surface area contributed by atoms with Crippen molar-refractivity contribution in [3.8, 4) is 0 Å². The van der Waals surface area contributed by atoms with Gasteiger partial charge in [-0.25, -0.2) is 0 Å². The minimum Gasteiger partial charge on any atom is -0.382 e. The van der Waals surface area contributed by atoms with Crippen molar-refractivity contribution in [2.45, 2.75) is 6.10 Å². The molecule has 0 atom stereocenters. The van der Waals surface area contributed by atoms with Crippen LogP contribution in [0.2, 0.25) is 0 Å². The molecule has 0 saturated heterocycles. The third-order valence-corrected chi connectivity index (χ3v) is 1.15. The second-order valence-corrected chi connectivity index (χ2v) is 2.15. The standard InChI is InChI=1S/C8H16O3/c1-4-5-11-8(6-9-2)7-10-3/h4,8H,1,5-7H2,2-3H3. The Morgan fingerprint density at radius 1 is 1.27 bits per heavy atom. The molecule has 0 heterocycles. The quantitative estimate of drug-likeness (QED) is 0.517. The summed E-state index contributed by atoms with van der Waals surface area (Å²) in [5.74, 6) is 0. The summed E-state index contributed by atoms with van der Waals surface area (Å²) in [6.45, 7) is 5.20. The predicted octanol–water partition coefficient (Wildman–Crippen LogP) is 0.850. The summed E-state index contributed by atoms with van der Waals surface area (Å²) in [4.78, 5) is 0. The number of ether oxygens (including phenoxy) is 3. The Hall–Kier alpha value is -0.380. The van der Waals surface area contributed by atoms with Crippen LogP contribution < -0.4 is 0 Å². The van der Waals surface area contributed by atoms with Crippen molar-refractivity contribution >= 4 is 0 Å². The van der Waals surface area contributed by atoms with Gasteiger partial charge in [0.2, 0.25) is 0 Å². The van der Waals surface area contributed by atoms with Crippen LogP contribution in [0.15, 0.2) is 12.7 Å². The van der Waals surface area contributed by atoms with Gasteiger partial charge in [0.15, 0.2) is 0 Å². The molecule has 0 aliphatic carbocycles. The summed E-state index contributed by atoms with van der Waals surface area (Å²) in [5.41, 5.74) is 0. The molecule has 0 fully saturated rings. The van der Waals surface area contributed by atoms with E-state index in [0.717, 1.165) is 0 Å². The van der Waals surface area contributed by atoms with E-state index in [0.29, 0.717) is 19.8 Å². The van der Waals surface area contributed by atoms with Gasteiger partial charge in [-0.3, -0.25) is 0 Å². The van der Waals surface area contributed by atoms with Crippen molar-refractivity contribution in [2.24, 2.45) is 0 Å². The molecule has 66 valence electrons. The minimum atomic E-state index is 0.0167. The van der Waals surface area contributed by atoms with Gasteiger partial charge in [0.25, 0.3) is 0 Å². The molecule has 0 rings (SSSR count). The van der Waals surface area contributed by atoms with Crippen LogP contribution in [0.25, 0.3) is 0 Å². The molecule has 0 saturated carbocycles. The van der Waals surface area contributed by atoms with Gasteiger partial charge < -0.3 is 14.2 Å². The fourth-order valence-corrected chi connectivity index (χ4v) is 0.720. The van der Waals surface area contributed by atoms with Crippen LogP contribution in [-0.2, 0) is 14.2 Å². The van der Waals surface area contributed by atoms with Crippen LogP contribution >= 0.6 is 0 Å². The van der Waals surface area contributed by atoms with E-state index in [-0.39, 0.29) is 6.10 Å². The van der Waals surface area contributed by atoms with Crippen molar-refractivity contribution in [3.63, 3.8) is 0 Å². The van der Waals surface area contributed by atoms with Crippen molar-refractivity contribution in [1.82, 2.24) is 0 Å². The van der Waals surface area contributed by atoms with Crippen molar-refractivity contribution in [2.75, 3.05) is 34.0 Å². The average Bonchev–Trinajstić information content (AvgIpc) is 2.01. The SMILES string of the molecule is C=CCOC(COC)COC. The lowest BCUT2D eigenvalue weighted by atomic mass is 10.4. The molecule has 0 amide bonds. The van der Waals surface area contributed by atoms with Gasteiger partial charge in [-0.05, 0) is 0 Å². The van der Waals surface area contributed by atoms with Crippen LogP contribution in [0.4, 0.5) is 0 Å². The topological polar surface area (TPSA) is 27.7 Å². The van der Waals surface area contributed by atoms with Gasteiger partial charge in [-0.1, -0.05) is 6.08 Å². The largest absolute Gasteiger partial charge is 0.382 e. The summed E-state index contributed by atoms with van der Waals surface area (Å²) in [6, 6.07) is 0. The molecular formula is C8H16O3. The monoisotopic (exact) mass is 160 g/mol. The summed E-state index contributed by atoms with van der Waals surface area (Å²) in [5, 5.41) is 0. The third-order valence-electron chi connectivity index (χ3n) is 1.15. The van der Waals surface area contributed by atoms with E-state index in [1.165, 1.54) is 0 Å². The maximum atomic E-state index is 5.30. The first-order valence-corrected chi connectivity index (χ1v) is 3.55. The minimum absolute atomic E-state index is 0.0167. The first-order chi connectivity index (χ1) is 5.35. The van der Waals surface area contributed by atoms with E-state index in [9.17, 15) is 0 Å². The van der Waals surface area contributed by atoms with Gasteiger partial charge in [-0.15, -0.1) is 6.58 Å². The molecule has 0 aromatic carbocycles. The number of rotatable bonds is 7. The molecule has 3 heteroatoms. The van der Waals surface area contributed by atoms with Gasteiger partial charge in [0.1, 0.15) is 6.10 Å². The Labute approximate surface area is 67.9 Å². The lowest BCUT2D eigenvalue weighted by Crippen LogP contribution is -2.24. The normalized spacial score (nSPS) is 10.5. The zero-order valence-electron chi connectivity index (χ0n) is 7.21. The Balaban J connectivity index is 3.41. The predicted molar refractivity (Wildman–Crippen MR) is 43.7 cm³/mol. The molecule has 0 aromatic heterocycles. The number of hydrogen-bond donors (Lipinski definition) is 0. The third kappa shape index (κ3) is 6.04. The first-order valence-electron chi connectivity index (χ1n) is 3.55. The molecule has 0 aromatic rings. The highest BCUT2D eigenvalue weighted by atomic mass is 16.6. The fourth-order valence-electron chi connectivity index (χ4n) is 0.720. The molecule has 0 aliphatic heterocycles. The van der Waals surface area contributed by atoms with Crippen LogP contribution in [0.1, 0.15) is 0 Å². The maximum absolute atomic E-state index is 5.30. The molecule has 0 bridgehead atoms. The highest BCUT2D eigenvalue weighted by Crippen LogP contribution is 1.93. The lowest BCUT2D eigenvalue weighted by Gasteiger charge is -2.14. The zero-order chi connectivity index (χ0) is 8.53. The molecule has 0 radical (unpaired) electrons. The Morgan fingerprint density at radius 2 is 1.82 bits per heavy atom. The highest BCUT2D eigenvalue weighted by molar-refractivity contribution is 4.66. The van der Waals surface area contributed by atoms with E-state index in [1.54, 1.807) is 20.3 Å². The smallest absolute Gasteiger partial charge is 0.104 e. The maximum Gasteiger partial charge on any atom is 0.104 e. The second-order valence-electron chi connectivity index (χ2n) is 2.15. The van der Waals surface area contributed by atoms with Crippen LogP contribution in [0.3, 0.4) is 0 Å². The van der Waals surface area contributed by atoms with E-state index >= 15 is 0 Å². The molecule has 0 N–H and O–H groups in total. The number of methoxy groups -OCH3 is 2. The van der Waals surface area contributed by atoms with Crippen molar-refractivity contribution in [1.29, 1.82) is 0 Å². The van der Waals surface area contributed by atoms with Crippen LogP contribution in [0.5, 0.6) is 0 Å². The van der Waals surface area contributed by atoms with Crippen LogP contribution in [-0.4, -0.2) is 40.1 Å². The Morgan fingerprint density at radius 3 is 2.18 bits per heavy atom. The van der Waals surface area contributed by atoms with Gasteiger partial charge in [-0.2, -0.15) is 0 Å². The zero-order valence-corrected chi connectivity index (χ0v) is 7.21. The van der Waals surface area contributed by atoms with Gasteiger partial charge >= 0.3 is 0 Å². The lowest BCUT2D eigenvalue weighted by molar-refractivity contribution is -0.0310. The highest BCUT2D eigenvalue weighted by Gasteiger charge is 2.06. The van der Waals surface area contributed by atoms with Gasteiger partial charge in [0.05, 0.1) is 19.8 Å². The average molecular weight is 160 g/mol. The first kappa shape index (κ1) is 10.6. The summed E-state index contributed by atoms with van der Waals surface area (Å²) >= 11 is 0. The second kappa shape index (κ2) is 7.72. The van der Waals surface area contributed by atoms with Crippen molar-refractivity contribution in [3.05, 3.63) is 12.7 Å². The molecule has 3 nitrogen and oxygen atoms in total. The Kier molecular flexibility index (Phi) is 7.46. The molecule has 0 spiro atoms. The number of hydrogen-bond acceptors (Lipinski definition) is 3. The van der Waals surface area contributed by atoms with E-state index in [4.69, 9.17) is 14.2 Å².